The van der Waals surface area contributed by atoms with Crippen LogP contribution in [0.3, 0.4) is 0 Å². The number of benzene rings is 2. The summed E-state index contributed by atoms with van der Waals surface area (Å²) in [4.78, 5) is 6.97. The molecule has 1 aliphatic heterocycles. The summed E-state index contributed by atoms with van der Waals surface area (Å²) in [5, 5.41) is 0. The molecular weight excluding hydrogens is 407 g/mol. The minimum atomic E-state index is 0.0470. The highest BCUT2D eigenvalue weighted by Gasteiger charge is 2.28. The monoisotopic (exact) mass is 430 g/mol. The lowest BCUT2D eigenvalue weighted by atomic mass is 9.89. The fraction of sp³-hybridized carbons (Fsp3) is 0.286. The van der Waals surface area contributed by atoms with Crippen molar-refractivity contribution in [1.29, 1.82) is 0 Å². The molecule has 2 nitrogen and oxygen atoms in total. The minimum absolute atomic E-state index is 0.0470. The quantitative estimate of drug-likeness (QED) is 0.423. The molecule has 0 unspecified atom stereocenters. The molecule has 0 radical (unpaired) electrons. The zero-order valence-electron chi connectivity index (χ0n) is 14.9. The van der Waals surface area contributed by atoms with Crippen LogP contribution in [0.1, 0.15) is 37.5 Å². The molecule has 0 spiro atoms. The van der Waals surface area contributed by atoms with Crippen LogP contribution in [-0.2, 0) is 0 Å². The van der Waals surface area contributed by atoms with Gasteiger partial charge in [0.1, 0.15) is 0 Å². The molecule has 3 heteroatoms. The molecule has 0 saturated heterocycles. The van der Waals surface area contributed by atoms with E-state index < -0.39 is 0 Å². The zero-order valence-corrected chi connectivity index (χ0v) is 17.0. The van der Waals surface area contributed by atoms with Crippen molar-refractivity contribution >= 4 is 45.8 Å². The van der Waals surface area contributed by atoms with E-state index in [1.54, 1.807) is 0 Å². The van der Waals surface area contributed by atoms with Crippen molar-refractivity contribution in [3.05, 3.63) is 62.7 Å². The molecule has 0 aromatic heterocycles. The number of rotatable bonds is 2. The van der Waals surface area contributed by atoms with Crippen LogP contribution >= 0.6 is 22.6 Å². The predicted octanol–water partition coefficient (Wildman–Crippen LogP) is 5.98. The van der Waals surface area contributed by atoms with Crippen molar-refractivity contribution in [2.24, 2.45) is 4.99 Å². The Hall–Kier alpha value is -1.62. The largest absolute Gasteiger partial charge is 0.366 e. The SMILES string of the molecule is CC1=CC(C)(C)N(C)c2ccc(C=Nc3ccc(I)c(C)c3)cc21. The van der Waals surface area contributed by atoms with Crippen molar-refractivity contribution in [2.45, 2.75) is 33.2 Å². The Balaban J connectivity index is 1.93. The van der Waals surface area contributed by atoms with Crippen LogP contribution in [0.25, 0.3) is 5.57 Å². The third kappa shape index (κ3) is 3.27. The van der Waals surface area contributed by atoms with E-state index in [4.69, 9.17) is 0 Å². The number of fused-ring (bicyclic) bond motifs is 1. The number of hydrogen-bond acceptors (Lipinski definition) is 2. The van der Waals surface area contributed by atoms with Gasteiger partial charge in [0.2, 0.25) is 0 Å². The number of hydrogen-bond donors (Lipinski definition) is 0. The maximum absolute atomic E-state index is 4.64. The molecule has 24 heavy (non-hydrogen) atoms. The number of halogens is 1. The smallest absolute Gasteiger partial charge is 0.0633 e. The minimum Gasteiger partial charge on any atom is -0.366 e. The topological polar surface area (TPSA) is 15.6 Å². The number of allylic oxidation sites excluding steroid dienone is 1. The fourth-order valence-electron chi connectivity index (χ4n) is 3.12. The highest BCUT2D eigenvalue weighted by Crippen LogP contribution is 2.37. The fourth-order valence-corrected chi connectivity index (χ4v) is 3.45. The lowest BCUT2D eigenvalue weighted by molar-refractivity contribution is 0.598. The van der Waals surface area contributed by atoms with Crippen molar-refractivity contribution < 1.29 is 0 Å². The van der Waals surface area contributed by atoms with Gasteiger partial charge in [0.25, 0.3) is 0 Å². The summed E-state index contributed by atoms with van der Waals surface area (Å²) < 4.78 is 1.27. The Morgan fingerprint density at radius 2 is 1.83 bits per heavy atom. The van der Waals surface area contributed by atoms with E-state index in [0.29, 0.717) is 0 Å². The molecule has 2 aromatic rings. The van der Waals surface area contributed by atoms with Gasteiger partial charge in [-0.3, -0.25) is 4.99 Å². The first kappa shape index (κ1) is 17.2. The van der Waals surface area contributed by atoms with Crippen molar-refractivity contribution in [2.75, 3.05) is 11.9 Å². The van der Waals surface area contributed by atoms with Crippen molar-refractivity contribution in [3.63, 3.8) is 0 Å². The molecule has 2 aromatic carbocycles. The molecule has 0 atom stereocenters. The lowest BCUT2D eigenvalue weighted by Gasteiger charge is -2.40. The molecule has 0 N–H and O–H groups in total. The first-order valence-corrected chi connectivity index (χ1v) is 9.24. The van der Waals surface area contributed by atoms with E-state index in [9.17, 15) is 0 Å². The first-order valence-electron chi connectivity index (χ1n) is 8.16. The third-order valence-electron chi connectivity index (χ3n) is 4.75. The van der Waals surface area contributed by atoms with Gasteiger partial charge in [0, 0.05) is 28.1 Å². The molecule has 0 amide bonds. The molecule has 0 bridgehead atoms. The standard InChI is InChI=1S/C21H23IN2/c1-14-10-17(7-8-19(14)22)23-13-16-6-9-20-18(11-16)15(2)12-21(3,4)24(20)5/h6-13H,1-5H3. The van der Waals surface area contributed by atoms with Crippen molar-refractivity contribution in [1.82, 2.24) is 0 Å². The first-order chi connectivity index (χ1) is 11.3. The number of anilines is 1. The van der Waals surface area contributed by atoms with Gasteiger partial charge in [-0.2, -0.15) is 0 Å². The third-order valence-corrected chi connectivity index (χ3v) is 5.96. The van der Waals surface area contributed by atoms with Gasteiger partial charge in [-0.25, -0.2) is 0 Å². The van der Waals surface area contributed by atoms with E-state index >= 15 is 0 Å². The van der Waals surface area contributed by atoms with Gasteiger partial charge in [-0.1, -0.05) is 12.1 Å². The molecule has 1 heterocycles. The van der Waals surface area contributed by atoms with Crippen LogP contribution in [0.15, 0.2) is 47.5 Å². The molecule has 124 valence electrons. The molecule has 3 rings (SSSR count). The molecule has 0 saturated carbocycles. The van der Waals surface area contributed by atoms with Crippen LogP contribution in [0.5, 0.6) is 0 Å². The molecular formula is C21H23IN2. The Morgan fingerprint density at radius 1 is 1.08 bits per heavy atom. The van der Waals surface area contributed by atoms with Gasteiger partial charge >= 0.3 is 0 Å². The maximum atomic E-state index is 4.64. The second-order valence-corrected chi connectivity index (χ2v) is 8.17. The Morgan fingerprint density at radius 3 is 2.54 bits per heavy atom. The summed E-state index contributed by atoms with van der Waals surface area (Å²) in [7, 11) is 2.16. The summed E-state index contributed by atoms with van der Waals surface area (Å²) >= 11 is 2.35. The van der Waals surface area contributed by atoms with Crippen molar-refractivity contribution in [3.8, 4) is 0 Å². The predicted molar refractivity (Wildman–Crippen MR) is 114 cm³/mol. The van der Waals surface area contributed by atoms with Gasteiger partial charge in [-0.15, -0.1) is 0 Å². The Kier molecular flexibility index (Phi) is 4.56. The number of nitrogens with zero attached hydrogens (tertiary/aromatic N) is 2. The van der Waals surface area contributed by atoms with Crippen LogP contribution in [0, 0.1) is 10.5 Å². The van der Waals surface area contributed by atoms with Gasteiger partial charge in [0.05, 0.1) is 11.2 Å². The van der Waals surface area contributed by atoms with Crippen LogP contribution in [0.2, 0.25) is 0 Å². The van der Waals surface area contributed by atoms with Crippen LogP contribution in [0.4, 0.5) is 11.4 Å². The number of likely N-dealkylation sites (N-methyl/N-ethyl adjacent to an activating group) is 1. The average Bonchev–Trinajstić information content (AvgIpc) is 2.53. The second-order valence-electron chi connectivity index (χ2n) is 7.01. The summed E-state index contributed by atoms with van der Waals surface area (Å²) in [6.07, 6.45) is 4.29. The van der Waals surface area contributed by atoms with Gasteiger partial charge < -0.3 is 4.90 Å². The highest BCUT2D eigenvalue weighted by atomic mass is 127. The second kappa shape index (κ2) is 6.36. The summed E-state index contributed by atoms with van der Waals surface area (Å²) in [6, 6.07) is 12.9. The van der Waals surface area contributed by atoms with E-state index in [-0.39, 0.29) is 5.54 Å². The molecule has 0 aliphatic carbocycles. The average molecular weight is 430 g/mol. The van der Waals surface area contributed by atoms with Crippen LogP contribution < -0.4 is 4.90 Å². The number of aliphatic imine (C=N–C) groups is 1. The maximum Gasteiger partial charge on any atom is 0.0633 e. The summed E-state index contributed by atoms with van der Waals surface area (Å²) in [5.74, 6) is 0. The van der Waals surface area contributed by atoms with Gasteiger partial charge in [-0.05, 0) is 97.3 Å². The summed E-state index contributed by atoms with van der Waals surface area (Å²) in [6.45, 7) is 8.80. The summed E-state index contributed by atoms with van der Waals surface area (Å²) in [5.41, 5.74) is 7.33. The molecule has 0 fully saturated rings. The highest BCUT2D eigenvalue weighted by molar-refractivity contribution is 14.1. The number of aryl methyl sites for hydroxylation is 1. The zero-order chi connectivity index (χ0) is 17.5. The van der Waals surface area contributed by atoms with Crippen LogP contribution in [-0.4, -0.2) is 18.8 Å². The lowest BCUT2D eigenvalue weighted by Crippen LogP contribution is -2.42. The normalized spacial score (nSPS) is 16.2. The van der Waals surface area contributed by atoms with E-state index in [2.05, 4.69) is 110 Å². The molecule has 1 aliphatic rings. The Bertz CT molecular complexity index is 847. The Labute approximate surface area is 158 Å². The van der Waals surface area contributed by atoms with Gasteiger partial charge in [0.15, 0.2) is 0 Å². The van der Waals surface area contributed by atoms with E-state index in [0.717, 1.165) is 11.3 Å². The van der Waals surface area contributed by atoms with E-state index in [1.807, 2.05) is 6.21 Å². The van der Waals surface area contributed by atoms with E-state index in [1.165, 1.54) is 26.0 Å².